The van der Waals surface area contributed by atoms with Crippen LogP contribution in [0.1, 0.15) is 11.3 Å². The number of hydrogen-bond acceptors (Lipinski definition) is 4. The highest BCUT2D eigenvalue weighted by Crippen LogP contribution is 2.26. The average Bonchev–Trinajstić information content (AvgIpc) is 3.16. The molecule has 0 saturated heterocycles. The lowest BCUT2D eigenvalue weighted by Crippen LogP contribution is -2.23. The van der Waals surface area contributed by atoms with Gasteiger partial charge in [0.25, 0.3) is 0 Å². The highest BCUT2D eigenvalue weighted by Gasteiger charge is 2.06. The van der Waals surface area contributed by atoms with Gasteiger partial charge in [-0.25, -0.2) is 4.98 Å². The molecule has 132 valence electrons. The summed E-state index contributed by atoms with van der Waals surface area (Å²) in [6.45, 7) is 0.555. The molecule has 0 fully saturated rings. The summed E-state index contributed by atoms with van der Waals surface area (Å²) in [6.07, 6.45) is 4.06. The summed E-state index contributed by atoms with van der Waals surface area (Å²) in [5, 5.41) is 5.87. The predicted octanol–water partition coefficient (Wildman–Crippen LogP) is 4.19. The van der Waals surface area contributed by atoms with Crippen molar-refractivity contribution in [3.63, 3.8) is 0 Å². The standard InChI is InChI=1S/C21H20N2O2S/c1-25-19-9-5-8-17(14-19)21-23-18(15-26-21)12-13-22-20(24)11-10-16-6-3-2-4-7-16/h2-11,14-15H,12-13H2,1H3,(H,22,24)/b11-10+. The van der Waals surface area contributed by atoms with Crippen molar-refractivity contribution in [2.75, 3.05) is 13.7 Å². The predicted molar refractivity (Wildman–Crippen MR) is 106 cm³/mol. The first-order chi connectivity index (χ1) is 12.7. The smallest absolute Gasteiger partial charge is 0.244 e. The number of carbonyl (C=O) groups is 1. The Hall–Kier alpha value is -2.92. The summed E-state index contributed by atoms with van der Waals surface area (Å²) in [6, 6.07) is 17.6. The van der Waals surface area contributed by atoms with E-state index in [-0.39, 0.29) is 5.91 Å². The van der Waals surface area contributed by atoms with Crippen LogP contribution < -0.4 is 10.1 Å². The molecule has 0 aliphatic rings. The Morgan fingerprint density at radius 2 is 2.04 bits per heavy atom. The molecule has 0 aliphatic carbocycles. The topological polar surface area (TPSA) is 51.2 Å². The minimum absolute atomic E-state index is 0.0999. The van der Waals surface area contributed by atoms with Crippen LogP contribution in [-0.4, -0.2) is 24.5 Å². The fraction of sp³-hybridized carbons (Fsp3) is 0.143. The van der Waals surface area contributed by atoms with E-state index in [1.54, 1.807) is 30.6 Å². The Bertz CT molecular complexity index is 888. The van der Waals surface area contributed by atoms with Crippen molar-refractivity contribution in [2.45, 2.75) is 6.42 Å². The highest BCUT2D eigenvalue weighted by atomic mass is 32.1. The maximum atomic E-state index is 11.9. The van der Waals surface area contributed by atoms with Gasteiger partial charge in [-0.05, 0) is 23.8 Å². The van der Waals surface area contributed by atoms with E-state index in [2.05, 4.69) is 10.3 Å². The fourth-order valence-electron chi connectivity index (χ4n) is 2.42. The van der Waals surface area contributed by atoms with Crippen LogP contribution in [0.3, 0.4) is 0 Å². The zero-order valence-electron chi connectivity index (χ0n) is 14.5. The van der Waals surface area contributed by atoms with E-state index in [1.165, 1.54) is 0 Å². The number of amides is 1. The van der Waals surface area contributed by atoms with Crippen molar-refractivity contribution in [3.8, 4) is 16.3 Å². The minimum Gasteiger partial charge on any atom is -0.497 e. The van der Waals surface area contributed by atoms with Crippen LogP contribution in [-0.2, 0) is 11.2 Å². The Morgan fingerprint density at radius 1 is 1.19 bits per heavy atom. The molecular formula is C21H20N2O2S. The summed E-state index contributed by atoms with van der Waals surface area (Å²) in [5.74, 6) is 0.716. The van der Waals surface area contributed by atoms with Crippen LogP contribution in [0.2, 0.25) is 0 Å². The van der Waals surface area contributed by atoms with Gasteiger partial charge >= 0.3 is 0 Å². The molecule has 2 aromatic carbocycles. The van der Waals surface area contributed by atoms with Crippen molar-refractivity contribution < 1.29 is 9.53 Å². The molecule has 3 aromatic rings. The maximum Gasteiger partial charge on any atom is 0.244 e. The molecule has 26 heavy (non-hydrogen) atoms. The Morgan fingerprint density at radius 3 is 2.85 bits per heavy atom. The van der Waals surface area contributed by atoms with Crippen molar-refractivity contribution in [1.29, 1.82) is 0 Å². The summed E-state index contributed by atoms with van der Waals surface area (Å²) in [5.41, 5.74) is 3.01. The lowest BCUT2D eigenvalue weighted by molar-refractivity contribution is -0.116. The maximum absolute atomic E-state index is 11.9. The number of ether oxygens (including phenoxy) is 1. The van der Waals surface area contributed by atoms with Gasteiger partial charge < -0.3 is 10.1 Å². The normalized spacial score (nSPS) is 10.8. The van der Waals surface area contributed by atoms with E-state index in [0.29, 0.717) is 13.0 Å². The van der Waals surface area contributed by atoms with Gasteiger partial charge in [0.05, 0.1) is 12.8 Å². The second-order valence-electron chi connectivity index (χ2n) is 5.66. The van der Waals surface area contributed by atoms with Crippen LogP contribution in [0.15, 0.2) is 66.1 Å². The molecule has 1 amide bonds. The van der Waals surface area contributed by atoms with Crippen molar-refractivity contribution in [3.05, 3.63) is 77.3 Å². The molecule has 0 bridgehead atoms. The van der Waals surface area contributed by atoms with Crippen molar-refractivity contribution >= 4 is 23.3 Å². The molecule has 3 rings (SSSR count). The number of methoxy groups -OCH3 is 1. The van der Waals surface area contributed by atoms with Gasteiger partial charge in [0.1, 0.15) is 10.8 Å². The summed E-state index contributed by atoms with van der Waals surface area (Å²) in [7, 11) is 1.65. The SMILES string of the molecule is COc1cccc(-c2nc(CCNC(=O)/C=C/c3ccccc3)cs2)c1. The van der Waals surface area contributed by atoms with Gasteiger partial charge in [0.2, 0.25) is 5.91 Å². The minimum atomic E-state index is -0.0999. The summed E-state index contributed by atoms with van der Waals surface area (Å²) >= 11 is 1.59. The number of carbonyl (C=O) groups excluding carboxylic acids is 1. The number of rotatable bonds is 7. The molecule has 0 radical (unpaired) electrons. The zero-order valence-corrected chi connectivity index (χ0v) is 15.3. The monoisotopic (exact) mass is 364 g/mol. The number of nitrogens with one attached hydrogen (secondary N) is 1. The van der Waals surface area contributed by atoms with E-state index in [9.17, 15) is 4.79 Å². The molecule has 0 atom stereocenters. The number of thiazole rings is 1. The van der Waals surface area contributed by atoms with Crippen LogP contribution in [0, 0.1) is 0 Å². The first kappa shape index (κ1) is 17.9. The van der Waals surface area contributed by atoms with Gasteiger partial charge in [-0.15, -0.1) is 11.3 Å². The lowest BCUT2D eigenvalue weighted by Gasteiger charge is -2.02. The molecule has 5 heteroatoms. The second kappa shape index (κ2) is 8.97. The molecule has 0 unspecified atom stereocenters. The molecule has 0 aliphatic heterocycles. The van der Waals surface area contributed by atoms with Gasteiger partial charge in [-0.2, -0.15) is 0 Å². The molecule has 4 nitrogen and oxygen atoms in total. The second-order valence-corrected chi connectivity index (χ2v) is 6.52. The molecule has 0 saturated carbocycles. The molecule has 1 aromatic heterocycles. The molecule has 1 N–H and O–H groups in total. The van der Waals surface area contributed by atoms with E-state index in [1.807, 2.05) is 60.0 Å². The number of hydrogen-bond donors (Lipinski definition) is 1. The zero-order chi connectivity index (χ0) is 18.2. The lowest BCUT2D eigenvalue weighted by atomic mass is 10.2. The van der Waals surface area contributed by atoms with E-state index in [4.69, 9.17) is 4.74 Å². The third-order valence-electron chi connectivity index (χ3n) is 3.78. The Labute approximate surface area is 157 Å². The van der Waals surface area contributed by atoms with Crippen LogP contribution in [0.25, 0.3) is 16.6 Å². The van der Waals surface area contributed by atoms with Crippen LogP contribution in [0.5, 0.6) is 5.75 Å². The van der Waals surface area contributed by atoms with Crippen molar-refractivity contribution in [1.82, 2.24) is 10.3 Å². The van der Waals surface area contributed by atoms with Gasteiger partial charge in [-0.3, -0.25) is 4.79 Å². The van der Waals surface area contributed by atoms with Crippen molar-refractivity contribution in [2.24, 2.45) is 0 Å². The number of benzene rings is 2. The molecule has 0 spiro atoms. The third kappa shape index (κ3) is 5.04. The highest BCUT2D eigenvalue weighted by molar-refractivity contribution is 7.13. The average molecular weight is 364 g/mol. The molecular weight excluding hydrogens is 344 g/mol. The van der Waals surface area contributed by atoms with E-state index in [0.717, 1.165) is 27.6 Å². The summed E-state index contributed by atoms with van der Waals surface area (Å²) in [4.78, 5) is 16.5. The quantitative estimate of drug-likeness (QED) is 0.640. The largest absolute Gasteiger partial charge is 0.497 e. The van der Waals surface area contributed by atoms with Crippen LogP contribution in [0.4, 0.5) is 0 Å². The first-order valence-corrected chi connectivity index (χ1v) is 9.22. The molecule has 1 heterocycles. The van der Waals surface area contributed by atoms with Gasteiger partial charge in [-0.1, -0.05) is 42.5 Å². The Balaban J connectivity index is 1.50. The van der Waals surface area contributed by atoms with Gasteiger partial charge in [0, 0.05) is 30.0 Å². The number of nitrogens with zero attached hydrogens (tertiary/aromatic N) is 1. The first-order valence-electron chi connectivity index (χ1n) is 8.34. The Kier molecular flexibility index (Phi) is 6.17. The van der Waals surface area contributed by atoms with Gasteiger partial charge in [0.15, 0.2) is 0 Å². The number of aromatic nitrogens is 1. The summed E-state index contributed by atoms with van der Waals surface area (Å²) < 4.78 is 5.25. The van der Waals surface area contributed by atoms with E-state index < -0.39 is 0 Å². The third-order valence-corrected chi connectivity index (χ3v) is 4.72. The van der Waals surface area contributed by atoms with E-state index >= 15 is 0 Å². The fourth-order valence-corrected chi connectivity index (χ4v) is 3.27. The van der Waals surface area contributed by atoms with Crippen LogP contribution >= 0.6 is 11.3 Å².